The first kappa shape index (κ1) is 10.5. The van der Waals surface area contributed by atoms with Gasteiger partial charge in [0.05, 0.1) is 0 Å². The SMILES string of the molecule is CC(C)=C/C=C(\I)c1ccccc1. The molecule has 0 atom stereocenters. The van der Waals surface area contributed by atoms with Gasteiger partial charge < -0.3 is 0 Å². The lowest BCUT2D eigenvalue weighted by atomic mass is 10.2. The Balaban J connectivity index is 2.86. The van der Waals surface area contributed by atoms with Crippen LogP contribution in [-0.4, -0.2) is 0 Å². The Morgan fingerprint density at radius 1 is 1.08 bits per heavy atom. The van der Waals surface area contributed by atoms with E-state index in [1.54, 1.807) is 0 Å². The average Bonchev–Trinajstić information content (AvgIpc) is 2.15. The van der Waals surface area contributed by atoms with Crippen molar-refractivity contribution in [2.45, 2.75) is 13.8 Å². The predicted octanol–water partition coefficient (Wildman–Crippen LogP) is 4.43. The minimum atomic E-state index is 1.28. The van der Waals surface area contributed by atoms with E-state index in [9.17, 15) is 0 Å². The van der Waals surface area contributed by atoms with Gasteiger partial charge >= 0.3 is 0 Å². The summed E-state index contributed by atoms with van der Waals surface area (Å²) in [5.74, 6) is 0. The molecule has 0 spiro atoms. The second-order valence-electron chi connectivity index (χ2n) is 3.12. The Bertz CT molecular complexity index is 316. The maximum atomic E-state index is 2.36. The smallest absolute Gasteiger partial charge is 0.0202 e. The Morgan fingerprint density at radius 3 is 2.23 bits per heavy atom. The van der Waals surface area contributed by atoms with Gasteiger partial charge in [0.1, 0.15) is 0 Å². The van der Waals surface area contributed by atoms with Crippen LogP contribution < -0.4 is 0 Å². The number of benzene rings is 1. The molecule has 1 aromatic rings. The van der Waals surface area contributed by atoms with Crippen LogP contribution in [0, 0.1) is 0 Å². The summed E-state index contributed by atoms with van der Waals surface area (Å²) >= 11 is 2.36. The minimum Gasteiger partial charge on any atom is -0.0764 e. The van der Waals surface area contributed by atoms with E-state index >= 15 is 0 Å². The van der Waals surface area contributed by atoms with Crippen molar-refractivity contribution in [2.24, 2.45) is 0 Å². The molecule has 1 heteroatoms. The first-order valence-electron chi connectivity index (χ1n) is 4.26. The van der Waals surface area contributed by atoms with E-state index in [4.69, 9.17) is 0 Å². The minimum absolute atomic E-state index is 1.28. The third-order valence-electron chi connectivity index (χ3n) is 1.61. The van der Waals surface area contributed by atoms with E-state index in [1.807, 2.05) is 6.07 Å². The highest BCUT2D eigenvalue weighted by Crippen LogP contribution is 2.21. The molecule has 0 aromatic heterocycles. The van der Waals surface area contributed by atoms with Crippen molar-refractivity contribution in [1.29, 1.82) is 0 Å². The van der Waals surface area contributed by atoms with E-state index < -0.39 is 0 Å². The molecule has 0 fully saturated rings. The maximum absolute atomic E-state index is 2.36. The van der Waals surface area contributed by atoms with Gasteiger partial charge in [0.15, 0.2) is 0 Å². The van der Waals surface area contributed by atoms with E-state index in [0.717, 1.165) is 0 Å². The van der Waals surface area contributed by atoms with Gasteiger partial charge in [-0.15, -0.1) is 0 Å². The summed E-state index contributed by atoms with van der Waals surface area (Å²) < 4.78 is 1.28. The van der Waals surface area contributed by atoms with E-state index in [2.05, 4.69) is 72.9 Å². The Kier molecular flexibility index (Phi) is 4.22. The van der Waals surface area contributed by atoms with E-state index in [1.165, 1.54) is 14.7 Å². The molecule has 68 valence electrons. The summed E-state index contributed by atoms with van der Waals surface area (Å²) in [6, 6.07) is 10.4. The first-order valence-corrected chi connectivity index (χ1v) is 5.34. The molecule has 0 heterocycles. The second-order valence-corrected chi connectivity index (χ2v) is 4.29. The summed E-state index contributed by atoms with van der Waals surface area (Å²) in [5, 5.41) is 0. The summed E-state index contributed by atoms with van der Waals surface area (Å²) in [7, 11) is 0. The van der Waals surface area contributed by atoms with Crippen LogP contribution in [0.4, 0.5) is 0 Å². The van der Waals surface area contributed by atoms with E-state index in [0.29, 0.717) is 0 Å². The Hall–Kier alpha value is -0.570. The summed E-state index contributed by atoms with van der Waals surface area (Å²) in [6.07, 6.45) is 4.28. The normalized spacial score (nSPS) is 11.2. The zero-order valence-corrected chi connectivity index (χ0v) is 10.1. The van der Waals surface area contributed by atoms with Crippen molar-refractivity contribution >= 4 is 26.2 Å². The molecule has 0 aliphatic heterocycles. The molecule has 0 saturated heterocycles. The summed E-state index contributed by atoms with van der Waals surface area (Å²) in [4.78, 5) is 0. The van der Waals surface area contributed by atoms with Crippen molar-refractivity contribution in [3.05, 3.63) is 53.6 Å². The van der Waals surface area contributed by atoms with Gasteiger partial charge in [-0.05, 0) is 48.1 Å². The Labute approximate surface area is 93.5 Å². The van der Waals surface area contributed by atoms with E-state index in [-0.39, 0.29) is 0 Å². The van der Waals surface area contributed by atoms with Gasteiger partial charge in [0, 0.05) is 3.58 Å². The van der Waals surface area contributed by atoms with Crippen molar-refractivity contribution in [3.8, 4) is 0 Å². The fourth-order valence-electron chi connectivity index (χ4n) is 0.933. The fraction of sp³-hybridized carbons (Fsp3) is 0.167. The molecule has 0 unspecified atom stereocenters. The van der Waals surface area contributed by atoms with Gasteiger partial charge in [-0.25, -0.2) is 0 Å². The van der Waals surface area contributed by atoms with Crippen LogP contribution in [0.2, 0.25) is 0 Å². The van der Waals surface area contributed by atoms with Crippen LogP contribution in [-0.2, 0) is 0 Å². The fourth-order valence-corrected chi connectivity index (χ4v) is 1.47. The topological polar surface area (TPSA) is 0 Å². The molecule has 13 heavy (non-hydrogen) atoms. The molecule has 0 nitrogen and oxygen atoms in total. The lowest BCUT2D eigenvalue weighted by Gasteiger charge is -1.96. The highest BCUT2D eigenvalue weighted by atomic mass is 127. The molecule has 0 bridgehead atoms. The van der Waals surface area contributed by atoms with Gasteiger partial charge in [0.25, 0.3) is 0 Å². The largest absolute Gasteiger partial charge is 0.0764 e. The lowest BCUT2D eigenvalue weighted by molar-refractivity contribution is 1.39. The van der Waals surface area contributed by atoms with Crippen molar-refractivity contribution in [2.75, 3.05) is 0 Å². The summed E-state index contributed by atoms with van der Waals surface area (Å²) in [5.41, 5.74) is 2.60. The molecule has 0 aliphatic carbocycles. The standard InChI is InChI=1S/C12H13I/c1-10(2)8-9-12(13)11-6-4-3-5-7-11/h3-9H,1-2H3/b12-9-. The van der Waals surface area contributed by atoms with Crippen LogP contribution >= 0.6 is 22.6 Å². The van der Waals surface area contributed by atoms with Crippen LogP contribution in [0.25, 0.3) is 3.58 Å². The van der Waals surface area contributed by atoms with Crippen LogP contribution in [0.15, 0.2) is 48.1 Å². The second kappa shape index (κ2) is 5.22. The first-order chi connectivity index (χ1) is 6.20. The molecule has 0 N–H and O–H groups in total. The van der Waals surface area contributed by atoms with Crippen LogP contribution in [0.1, 0.15) is 19.4 Å². The molecule has 0 aliphatic rings. The maximum Gasteiger partial charge on any atom is 0.0202 e. The Morgan fingerprint density at radius 2 is 1.69 bits per heavy atom. The quantitative estimate of drug-likeness (QED) is 0.556. The van der Waals surface area contributed by atoms with Gasteiger partial charge in [-0.1, -0.05) is 42.0 Å². The number of allylic oxidation sites excluding steroid dienone is 3. The molecular weight excluding hydrogens is 271 g/mol. The average molecular weight is 284 g/mol. The molecule has 0 radical (unpaired) electrons. The van der Waals surface area contributed by atoms with Gasteiger partial charge in [0.2, 0.25) is 0 Å². The highest BCUT2D eigenvalue weighted by Gasteiger charge is 1.92. The monoisotopic (exact) mass is 284 g/mol. The molecular formula is C12H13I. The number of hydrogen-bond acceptors (Lipinski definition) is 0. The van der Waals surface area contributed by atoms with Gasteiger partial charge in [-0.3, -0.25) is 0 Å². The molecule has 0 saturated carbocycles. The summed E-state index contributed by atoms with van der Waals surface area (Å²) in [6.45, 7) is 4.21. The van der Waals surface area contributed by atoms with Crippen LogP contribution in [0.5, 0.6) is 0 Å². The van der Waals surface area contributed by atoms with Crippen molar-refractivity contribution < 1.29 is 0 Å². The van der Waals surface area contributed by atoms with Gasteiger partial charge in [-0.2, -0.15) is 0 Å². The zero-order chi connectivity index (χ0) is 9.68. The third kappa shape index (κ3) is 3.77. The number of rotatable bonds is 2. The van der Waals surface area contributed by atoms with Crippen molar-refractivity contribution in [1.82, 2.24) is 0 Å². The van der Waals surface area contributed by atoms with Crippen molar-refractivity contribution in [3.63, 3.8) is 0 Å². The zero-order valence-electron chi connectivity index (χ0n) is 7.92. The molecule has 1 rings (SSSR count). The van der Waals surface area contributed by atoms with Crippen LogP contribution in [0.3, 0.4) is 0 Å². The lowest BCUT2D eigenvalue weighted by Crippen LogP contribution is -1.73. The highest BCUT2D eigenvalue weighted by molar-refractivity contribution is 14.1. The molecule has 1 aromatic carbocycles. The third-order valence-corrected chi connectivity index (χ3v) is 2.59. The number of hydrogen-bond donors (Lipinski definition) is 0. The number of halogens is 1. The predicted molar refractivity (Wildman–Crippen MR) is 67.9 cm³/mol. The molecule has 0 amide bonds.